The Morgan fingerprint density at radius 2 is 2.11 bits per heavy atom. The highest BCUT2D eigenvalue weighted by Gasteiger charge is 2.32. The van der Waals surface area contributed by atoms with Crippen LogP contribution in [0, 0.1) is 0 Å². The van der Waals surface area contributed by atoms with Crippen molar-refractivity contribution >= 4 is 17.5 Å². The maximum Gasteiger partial charge on any atom is 0.227 e. The monoisotopic (exact) mass is 381 g/mol. The standard InChI is InChI=1S/C22H24FN3O2/c1-3-20(27)25-22-17-12-24-11-16(15(17)6-7-18(22)23)13-4-8-19-14(10-13)5-9-21(28)26(19)2/h4,8,10-12,18,22H,3,5-7,9H2,1-2H3,(H,25,27)/t18?,22-/m1/s1. The number of pyridine rings is 1. The Kier molecular flexibility index (Phi) is 4.87. The van der Waals surface area contributed by atoms with E-state index >= 15 is 0 Å². The molecule has 2 heterocycles. The number of amides is 2. The second-order valence-corrected chi connectivity index (χ2v) is 7.50. The van der Waals surface area contributed by atoms with Crippen molar-refractivity contribution in [3.63, 3.8) is 0 Å². The Labute approximate surface area is 164 Å². The van der Waals surface area contributed by atoms with E-state index in [0.29, 0.717) is 25.7 Å². The molecule has 0 radical (unpaired) electrons. The van der Waals surface area contributed by atoms with Crippen molar-refractivity contribution in [1.82, 2.24) is 10.3 Å². The third-order valence-electron chi connectivity index (χ3n) is 5.83. The van der Waals surface area contributed by atoms with Gasteiger partial charge in [-0.2, -0.15) is 0 Å². The Morgan fingerprint density at radius 3 is 2.89 bits per heavy atom. The van der Waals surface area contributed by atoms with E-state index in [1.807, 2.05) is 18.3 Å². The molecule has 2 atom stereocenters. The van der Waals surface area contributed by atoms with Gasteiger partial charge in [-0.3, -0.25) is 14.6 Å². The van der Waals surface area contributed by atoms with Gasteiger partial charge < -0.3 is 10.2 Å². The number of nitrogens with one attached hydrogen (secondary N) is 1. The predicted molar refractivity (Wildman–Crippen MR) is 106 cm³/mol. The number of halogens is 1. The molecule has 28 heavy (non-hydrogen) atoms. The highest BCUT2D eigenvalue weighted by atomic mass is 19.1. The van der Waals surface area contributed by atoms with E-state index in [4.69, 9.17) is 0 Å². The lowest BCUT2D eigenvalue weighted by Crippen LogP contribution is -2.37. The largest absolute Gasteiger partial charge is 0.346 e. The van der Waals surface area contributed by atoms with Crippen molar-refractivity contribution in [3.8, 4) is 11.1 Å². The maximum absolute atomic E-state index is 14.6. The zero-order chi connectivity index (χ0) is 19.8. The van der Waals surface area contributed by atoms with Gasteiger partial charge >= 0.3 is 0 Å². The van der Waals surface area contributed by atoms with E-state index in [-0.39, 0.29) is 11.8 Å². The van der Waals surface area contributed by atoms with Crippen LogP contribution in [0.3, 0.4) is 0 Å². The normalized spacial score (nSPS) is 21.1. The van der Waals surface area contributed by atoms with Gasteiger partial charge in [-0.25, -0.2) is 4.39 Å². The van der Waals surface area contributed by atoms with Crippen LogP contribution in [0.5, 0.6) is 0 Å². The lowest BCUT2D eigenvalue weighted by molar-refractivity contribution is -0.122. The van der Waals surface area contributed by atoms with Crippen LogP contribution in [0.4, 0.5) is 10.1 Å². The fraction of sp³-hybridized carbons (Fsp3) is 0.409. The van der Waals surface area contributed by atoms with E-state index in [1.165, 1.54) is 0 Å². The van der Waals surface area contributed by atoms with E-state index in [0.717, 1.165) is 39.9 Å². The summed E-state index contributed by atoms with van der Waals surface area (Å²) in [6.07, 6.45) is 4.92. The quantitative estimate of drug-likeness (QED) is 0.885. The Bertz CT molecular complexity index is 943. The van der Waals surface area contributed by atoms with Gasteiger partial charge in [0.25, 0.3) is 0 Å². The van der Waals surface area contributed by atoms with E-state index in [1.54, 1.807) is 25.1 Å². The highest BCUT2D eigenvalue weighted by Crippen LogP contribution is 2.39. The molecule has 1 aromatic carbocycles. The van der Waals surface area contributed by atoms with Gasteiger partial charge in [0.1, 0.15) is 6.17 Å². The average Bonchev–Trinajstić information content (AvgIpc) is 2.72. The van der Waals surface area contributed by atoms with Gasteiger partial charge in [0.05, 0.1) is 6.04 Å². The molecule has 0 spiro atoms. The molecular weight excluding hydrogens is 357 g/mol. The number of aryl methyl sites for hydroxylation is 1. The van der Waals surface area contributed by atoms with Crippen molar-refractivity contribution in [3.05, 3.63) is 47.3 Å². The highest BCUT2D eigenvalue weighted by molar-refractivity contribution is 5.96. The van der Waals surface area contributed by atoms with Crippen molar-refractivity contribution in [2.75, 3.05) is 11.9 Å². The molecule has 6 heteroatoms. The van der Waals surface area contributed by atoms with Gasteiger partial charge in [0, 0.05) is 43.5 Å². The number of fused-ring (bicyclic) bond motifs is 2. The van der Waals surface area contributed by atoms with E-state index in [9.17, 15) is 14.0 Å². The van der Waals surface area contributed by atoms with Gasteiger partial charge in [0.2, 0.25) is 11.8 Å². The second-order valence-electron chi connectivity index (χ2n) is 7.50. The summed E-state index contributed by atoms with van der Waals surface area (Å²) >= 11 is 0. The minimum Gasteiger partial charge on any atom is -0.346 e. The molecule has 1 aromatic heterocycles. The smallest absolute Gasteiger partial charge is 0.227 e. The number of aromatic nitrogens is 1. The molecule has 4 rings (SSSR count). The van der Waals surface area contributed by atoms with Crippen LogP contribution in [0.25, 0.3) is 11.1 Å². The molecule has 2 aliphatic rings. The number of carbonyl (C=O) groups is 2. The molecule has 2 aromatic rings. The fourth-order valence-corrected chi connectivity index (χ4v) is 4.21. The van der Waals surface area contributed by atoms with Gasteiger partial charge in [0.15, 0.2) is 0 Å². The lowest BCUT2D eigenvalue weighted by Gasteiger charge is -2.31. The molecule has 1 unspecified atom stereocenters. The molecule has 2 amide bonds. The van der Waals surface area contributed by atoms with Crippen molar-refractivity contribution in [2.45, 2.75) is 51.2 Å². The number of benzene rings is 1. The van der Waals surface area contributed by atoms with E-state index in [2.05, 4.69) is 16.4 Å². The number of nitrogens with zero attached hydrogens (tertiary/aromatic N) is 2. The van der Waals surface area contributed by atoms with Crippen LogP contribution in [0.15, 0.2) is 30.6 Å². The summed E-state index contributed by atoms with van der Waals surface area (Å²) in [5, 5.41) is 2.82. The second kappa shape index (κ2) is 7.34. The summed E-state index contributed by atoms with van der Waals surface area (Å²) in [5.74, 6) is -0.0325. The molecule has 0 fully saturated rings. The van der Waals surface area contributed by atoms with Crippen LogP contribution in [0.1, 0.15) is 48.9 Å². The third-order valence-corrected chi connectivity index (χ3v) is 5.83. The van der Waals surface area contributed by atoms with E-state index < -0.39 is 12.2 Å². The minimum atomic E-state index is -1.11. The zero-order valence-electron chi connectivity index (χ0n) is 16.2. The molecule has 0 bridgehead atoms. The number of hydrogen-bond donors (Lipinski definition) is 1. The number of rotatable bonds is 3. The first-order valence-electron chi connectivity index (χ1n) is 9.79. The molecule has 1 aliphatic carbocycles. The summed E-state index contributed by atoms with van der Waals surface area (Å²) in [7, 11) is 1.80. The van der Waals surface area contributed by atoms with Crippen LogP contribution in [0.2, 0.25) is 0 Å². The van der Waals surface area contributed by atoms with Crippen molar-refractivity contribution in [2.24, 2.45) is 0 Å². The van der Waals surface area contributed by atoms with Crippen molar-refractivity contribution in [1.29, 1.82) is 0 Å². The fourth-order valence-electron chi connectivity index (χ4n) is 4.21. The molecule has 0 saturated heterocycles. The zero-order valence-corrected chi connectivity index (χ0v) is 16.2. The van der Waals surface area contributed by atoms with Crippen LogP contribution in [-0.4, -0.2) is 30.0 Å². The molecule has 146 valence electrons. The molecule has 1 N–H and O–H groups in total. The summed E-state index contributed by atoms with van der Waals surface area (Å²) in [4.78, 5) is 29.9. The summed E-state index contributed by atoms with van der Waals surface area (Å²) in [6, 6.07) is 5.42. The Hall–Kier alpha value is -2.76. The topological polar surface area (TPSA) is 62.3 Å². The maximum atomic E-state index is 14.6. The lowest BCUT2D eigenvalue weighted by atomic mass is 9.83. The number of anilines is 1. The van der Waals surface area contributed by atoms with Crippen LogP contribution in [-0.2, 0) is 22.4 Å². The first-order chi connectivity index (χ1) is 13.5. The number of hydrogen-bond acceptors (Lipinski definition) is 3. The van der Waals surface area contributed by atoms with Gasteiger partial charge in [-0.05, 0) is 53.6 Å². The molecule has 5 nitrogen and oxygen atoms in total. The first kappa shape index (κ1) is 18.6. The Morgan fingerprint density at radius 1 is 1.29 bits per heavy atom. The summed E-state index contributed by atoms with van der Waals surface area (Å²) in [5.41, 5.74) is 5.88. The minimum absolute atomic E-state index is 0.127. The molecular formula is C22H24FN3O2. The predicted octanol–water partition coefficient (Wildman–Crippen LogP) is 3.51. The van der Waals surface area contributed by atoms with Crippen molar-refractivity contribution < 1.29 is 14.0 Å². The third kappa shape index (κ3) is 3.17. The Balaban J connectivity index is 1.75. The number of alkyl halides is 1. The van der Waals surface area contributed by atoms with Gasteiger partial charge in [-0.15, -0.1) is 0 Å². The average molecular weight is 381 g/mol. The summed E-state index contributed by atoms with van der Waals surface area (Å²) in [6.45, 7) is 1.76. The van der Waals surface area contributed by atoms with Crippen LogP contribution < -0.4 is 10.2 Å². The van der Waals surface area contributed by atoms with Gasteiger partial charge in [-0.1, -0.05) is 13.0 Å². The molecule has 0 saturated carbocycles. The first-order valence-corrected chi connectivity index (χ1v) is 9.79. The van der Waals surface area contributed by atoms with Crippen LogP contribution >= 0.6 is 0 Å². The molecule has 1 aliphatic heterocycles. The number of carbonyl (C=O) groups excluding carboxylic acids is 2. The summed E-state index contributed by atoms with van der Waals surface area (Å²) < 4.78 is 14.6. The SMILES string of the molecule is CCC(=O)N[C@@H]1c2cncc(-c3ccc4c(c3)CCC(=O)N4C)c2CCC1F.